The van der Waals surface area contributed by atoms with Gasteiger partial charge in [-0.05, 0) is 48.3 Å². The molecule has 1 heterocycles. The molecule has 1 rings (SSSR count). The number of esters is 1. The Kier molecular flexibility index (Phi) is 3.85. The monoisotopic (exact) mass is 271 g/mol. The van der Waals surface area contributed by atoms with Gasteiger partial charge in [0.05, 0.1) is 6.42 Å². The van der Waals surface area contributed by atoms with Gasteiger partial charge < -0.3 is 4.74 Å². The Morgan fingerprint density at radius 3 is 2.67 bits per heavy atom. The second-order valence-electron chi connectivity index (χ2n) is 4.27. The Balaban J connectivity index is 2.59. The summed E-state index contributed by atoms with van der Waals surface area (Å²) in [4.78, 5) is 15.5. The summed E-state index contributed by atoms with van der Waals surface area (Å²) in [6.45, 7) is 5.55. The van der Waals surface area contributed by atoms with Crippen LogP contribution in [-0.2, 0) is 16.0 Å². The van der Waals surface area contributed by atoms with Crippen LogP contribution in [-0.4, -0.2) is 16.6 Å². The summed E-state index contributed by atoms with van der Waals surface area (Å²) in [5, 5.41) is 0. The van der Waals surface area contributed by atoms with Crippen LogP contribution in [0.5, 0.6) is 0 Å². The maximum absolute atomic E-state index is 11.5. The standard InChI is InChI=1S/C11H14BrNO2/c1-11(2,3)15-10(14)5-8-4-9(12)7-13-6-8/h4,6-7H,5H2,1-3H3. The molecule has 0 N–H and O–H groups in total. The highest BCUT2D eigenvalue weighted by Crippen LogP contribution is 2.13. The molecule has 1 aromatic rings. The molecule has 0 atom stereocenters. The fourth-order valence-corrected chi connectivity index (χ4v) is 1.51. The first-order chi connectivity index (χ1) is 6.87. The number of hydrogen-bond donors (Lipinski definition) is 0. The number of halogens is 1. The van der Waals surface area contributed by atoms with Crippen molar-refractivity contribution in [3.05, 3.63) is 28.5 Å². The number of ether oxygens (including phenoxy) is 1. The summed E-state index contributed by atoms with van der Waals surface area (Å²) in [6, 6.07) is 1.86. The van der Waals surface area contributed by atoms with Crippen LogP contribution in [0.3, 0.4) is 0 Å². The van der Waals surface area contributed by atoms with E-state index in [2.05, 4.69) is 20.9 Å². The zero-order valence-electron chi connectivity index (χ0n) is 9.08. The van der Waals surface area contributed by atoms with Crippen molar-refractivity contribution >= 4 is 21.9 Å². The van der Waals surface area contributed by atoms with E-state index in [9.17, 15) is 4.79 Å². The Morgan fingerprint density at radius 1 is 1.47 bits per heavy atom. The molecule has 1 aromatic heterocycles. The average molecular weight is 272 g/mol. The highest BCUT2D eigenvalue weighted by atomic mass is 79.9. The minimum Gasteiger partial charge on any atom is -0.460 e. The maximum atomic E-state index is 11.5. The van der Waals surface area contributed by atoms with Crippen molar-refractivity contribution in [2.45, 2.75) is 32.8 Å². The van der Waals surface area contributed by atoms with Gasteiger partial charge in [0.25, 0.3) is 0 Å². The quantitative estimate of drug-likeness (QED) is 0.777. The Hall–Kier alpha value is -0.900. The Labute approximate surface area is 98.0 Å². The molecule has 0 fully saturated rings. The number of pyridine rings is 1. The molecule has 0 amide bonds. The van der Waals surface area contributed by atoms with E-state index >= 15 is 0 Å². The first-order valence-corrected chi connectivity index (χ1v) is 5.47. The lowest BCUT2D eigenvalue weighted by Crippen LogP contribution is -2.24. The number of nitrogens with zero attached hydrogens (tertiary/aromatic N) is 1. The maximum Gasteiger partial charge on any atom is 0.310 e. The largest absolute Gasteiger partial charge is 0.460 e. The third kappa shape index (κ3) is 4.93. The highest BCUT2D eigenvalue weighted by Gasteiger charge is 2.16. The van der Waals surface area contributed by atoms with Gasteiger partial charge in [0, 0.05) is 16.9 Å². The first-order valence-electron chi connectivity index (χ1n) is 4.68. The summed E-state index contributed by atoms with van der Waals surface area (Å²) in [6.07, 6.45) is 3.59. The van der Waals surface area contributed by atoms with Crippen molar-refractivity contribution < 1.29 is 9.53 Å². The van der Waals surface area contributed by atoms with Crippen molar-refractivity contribution in [1.29, 1.82) is 0 Å². The molecule has 0 radical (unpaired) electrons. The molecular formula is C11H14BrNO2. The summed E-state index contributed by atoms with van der Waals surface area (Å²) in [7, 11) is 0. The number of aromatic nitrogens is 1. The number of carbonyl (C=O) groups is 1. The van der Waals surface area contributed by atoms with Gasteiger partial charge in [-0.25, -0.2) is 0 Å². The van der Waals surface area contributed by atoms with E-state index in [0.29, 0.717) is 0 Å². The second kappa shape index (κ2) is 4.75. The molecule has 0 saturated heterocycles. The van der Waals surface area contributed by atoms with Gasteiger partial charge in [-0.3, -0.25) is 9.78 Å². The van der Waals surface area contributed by atoms with Crippen molar-refractivity contribution in [3.8, 4) is 0 Å². The van der Waals surface area contributed by atoms with E-state index in [1.54, 1.807) is 12.4 Å². The van der Waals surface area contributed by atoms with Gasteiger partial charge in [-0.1, -0.05) is 0 Å². The molecule has 0 spiro atoms. The van der Waals surface area contributed by atoms with E-state index in [4.69, 9.17) is 4.74 Å². The molecule has 0 bridgehead atoms. The lowest BCUT2D eigenvalue weighted by atomic mass is 10.2. The first kappa shape index (κ1) is 12.2. The number of rotatable bonds is 2. The minimum absolute atomic E-state index is 0.234. The second-order valence-corrected chi connectivity index (χ2v) is 5.19. The van der Waals surface area contributed by atoms with E-state index < -0.39 is 5.60 Å². The molecule has 0 unspecified atom stereocenters. The average Bonchev–Trinajstić information content (AvgIpc) is 1.99. The van der Waals surface area contributed by atoms with E-state index in [-0.39, 0.29) is 12.4 Å². The molecule has 15 heavy (non-hydrogen) atoms. The normalized spacial score (nSPS) is 11.2. The van der Waals surface area contributed by atoms with Crippen molar-refractivity contribution in [3.63, 3.8) is 0 Å². The molecule has 4 heteroatoms. The fourth-order valence-electron chi connectivity index (χ4n) is 1.10. The molecule has 3 nitrogen and oxygen atoms in total. The third-order valence-electron chi connectivity index (χ3n) is 1.53. The molecule has 0 aromatic carbocycles. The topological polar surface area (TPSA) is 39.2 Å². The smallest absolute Gasteiger partial charge is 0.310 e. The van der Waals surface area contributed by atoms with Gasteiger partial charge in [0.1, 0.15) is 5.60 Å². The Bertz CT molecular complexity index is 358. The predicted molar refractivity (Wildman–Crippen MR) is 61.5 cm³/mol. The van der Waals surface area contributed by atoms with Gasteiger partial charge in [-0.2, -0.15) is 0 Å². The van der Waals surface area contributed by atoms with Crippen LogP contribution in [0.1, 0.15) is 26.3 Å². The summed E-state index contributed by atoms with van der Waals surface area (Å²) in [5.41, 5.74) is 0.412. The van der Waals surface area contributed by atoms with E-state index in [1.165, 1.54) is 0 Å². The Morgan fingerprint density at radius 2 is 2.13 bits per heavy atom. The lowest BCUT2D eigenvalue weighted by molar-refractivity contribution is -0.153. The summed E-state index contributed by atoms with van der Waals surface area (Å²) < 4.78 is 6.06. The third-order valence-corrected chi connectivity index (χ3v) is 1.96. The number of carbonyl (C=O) groups excluding carboxylic acids is 1. The molecule has 0 saturated carbocycles. The van der Waals surface area contributed by atoms with E-state index in [1.807, 2.05) is 26.8 Å². The zero-order chi connectivity index (χ0) is 11.5. The van der Waals surface area contributed by atoms with Gasteiger partial charge in [-0.15, -0.1) is 0 Å². The molecule has 0 aliphatic carbocycles. The summed E-state index contributed by atoms with van der Waals surface area (Å²) in [5.74, 6) is -0.234. The van der Waals surface area contributed by atoms with Crippen LogP contribution in [0.15, 0.2) is 22.9 Å². The van der Waals surface area contributed by atoms with Crippen LogP contribution in [0, 0.1) is 0 Å². The fraction of sp³-hybridized carbons (Fsp3) is 0.455. The predicted octanol–water partition coefficient (Wildman–Crippen LogP) is 2.73. The van der Waals surface area contributed by atoms with E-state index in [0.717, 1.165) is 10.0 Å². The SMILES string of the molecule is CC(C)(C)OC(=O)Cc1cncc(Br)c1. The molecular weight excluding hydrogens is 258 g/mol. The number of hydrogen-bond acceptors (Lipinski definition) is 3. The molecule has 0 aliphatic heterocycles. The van der Waals surface area contributed by atoms with Gasteiger partial charge in [0.2, 0.25) is 0 Å². The van der Waals surface area contributed by atoms with Gasteiger partial charge >= 0.3 is 5.97 Å². The van der Waals surface area contributed by atoms with Crippen LogP contribution in [0.25, 0.3) is 0 Å². The van der Waals surface area contributed by atoms with Crippen molar-refractivity contribution in [2.75, 3.05) is 0 Å². The van der Waals surface area contributed by atoms with Crippen molar-refractivity contribution in [1.82, 2.24) is 4.98 Å². The molecule has 0 aliphatic rings. The molecule has 82 valence electrons. The zero-order valence-corrected chi connectivity index (χ0v) is 10.7. The van der Waals surface area contributed by atoms with Crippen LogP contribution in [0.4, 0.5) is 0 Å². The minimum atomic E-state index is -0.434. The van der Waals surface area contributed by atoms with Crippen molar-refractivity contribution in [2.24, 2.45) is 0 Å². The van der Waals surface area contributed by atoms with Crippen LogP contribution >= 0.6 is 15.9 Å². The van der Waals surface area contributed by atoms with Crippen LogP contribution < -0.4 is 0 Å². The highest BCUT2D eigenvalue weighted by molar-refractivity contribution is 9.10. The summed E-state index contributed by atoms with van der Waals surface area (Å²) >= 11 is 3.30. The van der Waals surface area contributed by atoms with Crippen LogP contribution in [0.2, 0.25) is 0 Å². The lowest BCUT2D eigenvalue weighted by Gasteiger charge is -2.19. The van der Waals surface area contributed by atoms with Gasteiger partial charge in [0.15, 0.2) is 0 Å².